The molecule has 1 aromatic rings. The largest absolute Gasteiger partial charge is 0.349 e. The van der Waals surface area contributed by atoms with Crippen LogP contribution in [0.4, 0.5) is 0 Å². The molecule has 0 radical (unpaired) electrons. The molecule has 3 nitrogen and oxygen atoms in total. The van der Waals surface area contributed by atoms with Crippen molar-refractivity contribution < 1.29 is 4.79 Å². The summed E-state index contributed by atoms with van der Waals surface area (Å²) in [5, 5.41) is 3.75. The summed E-state index contributed by atoms with van der Waals surface area (Å²) in [5.74, 6) is 0.386. The Morgan fingerprint density at radius 1 is 1.44 bits per heavy atom. The Bertz CT molecular complexity index is 366. The molecule has 0 aliphatic rings. The van der Waals surface area contributed by atoms with Crippen molar-refractivity contribution in [2.75, 3.05) is 6.26 Å². The maximum atomic E-state index is 12.0. The second kappa shape index (κ2) is 5.89. The van der Waals surface area contributed by atoms with E-state index in [0.29, 0.717) is 11.5 Å². The molecule has 16 heavy (non-hydrogen) atoms. The molecule has 1 amide bonds. The first kappa shape index (κ1) is 13.0. The van der Waals surface area contributed by atoms with Crippen LogP contribution < -0.4 is 5.32 Å². The van der Waals surface area contributed by atoms with Gasteiger partial charge in [-0.15, -0.1) is 11.8 Å². The maximum Gasteiger partial charge on any atom is 0.254 e. The summed E-state index contributed by atoms with van der Waals surface area (Å²) in [6.45, 7) is 6.19. The van der Waals surface area contributed by atoms with E-state index in [0.717, 1.165) is 5.03 Å². The summed E-state index contributed by atoms with van der Waals surface area (Å²) in [6.07, 6.45) is 3.62. The van der Waals surface area contributed by atoms with Crippen molar-refractivity contribution in [2.45, 2.75) is 31.8 Å². The highest BCUT2D eigenvalue weighted by Gasteiger charge is 2.15. The zero-order chi connectivity index (χ0) is 12.1. The van der Waals surface area contributed by atoms with Crippen molar-refractivity contribution in [1.82, 2.24) is 10.3 Å². The molecule has 1 rings (SSSR count). The number of pyridine rings is 1. The molecule has 1 N–H and O–H groups in total. The van der Waals surface area contributed by atoms with E-state index >= 15 is 0 Å². The van der Waals surface area contributed by atoms with E-state index in [9.17, 15) is 4.79 Å². The minimum atomic E-state index is -0.0429. The standard InChI is InChI=1S/C12H18N2OS/c1-8(2)9(3)14-11(15)10-6-5-7-13-12(10)16-4/h5-9H,1-4H3,(H,14,15). The number of carbonyl (C=O) groups is 1. The fourth-order valence-corrected chi connectivity index (χ4v) is 1.72. The van der Waals surface area contributed by atoms with Gasteiger partial charge in [0, 0.05) is 12.2 Å². The third-order valence-electron chi connectivity index (χ3n) is 2.57. The summed E-state index contributed by atoms with van der Waals surface area (Å²) in [6, 6.07) is 3.76. The van der Waals surface area contributed by atoms with E-state index in [1.165, 1.54) is 11.8 Å². The lowest BCUT2D eigenvalue weighted by Crippen LogP contribution is -2.36. The Labute approximate surface area is 101 Å². The van der Waals surface area contributed by atoms with Gasteiger partial charge in [0.15, 0.2) is 0 Å². The SMILES string of the molecule is CSc1ncccc1C(=O)NC(C)C(C)C. The number of rotatable bonds is 4. The Balaban J connectivity index is 2.80. The second-order valence-corrected chi connectivity index (χ2v) is 4.86. The van der Waals surface area contributed by atoms with Gasteiger partial charge in [-0.05, 0) is 31.2 Å². The molecule has 0 bridgehead atoms. The molecule has 0 fully saturated rings. The van der Waals surface area contributed by atoms with Gasteiger partial charge in [-0.1, -0.05) is 13.8 Å². The summed E-state index contributed by atoms with van der Waals surface area (Å²) in [5.41, 5.74) is 0.655. The lowest BCUT2D eigenvalue weighted by molar-refractivity contribution is 0.0927. The highest BCUT2D eigenvalue weighted by molar-refractivity contribution is 7.98. The van der Waals surface area contributed by atoms with Crippen LogP contribution in [-0.4, -0.2) is 23.2 Å². The zero-order valence-corrected chi connectivity index (χ0v) is 11.0. The van der Waals surface area contributed by atoms with Crippen molar-refractivity contribution in [3.05, 3.63) is 23.9 Å². The molecule has 1 heterocycles. The first-order chi connectivity index (χ1) is 7.56. The van der Waals surface area contributed by atoms with Crippen molar-refractivity contribution in [3.8, 4) is 0 Å². The molecule has 0 aromatic carbocycles. The van der Waals surface area contributed by atoms with Gasteiger partial charge in [0.05, 0.1) is 5.56 Å². The Kier molecular flexibility index (Phi) is 4.80. The zero-order valence-electron chi connectivity index (χ0n) is 10.2. The van der Waals surface area contributed by atoms with Gasteiger partial charge in [-0.2, -0.15) is 0 Å². The quantitative estimate of drug-likeness (QED) is 0.820. The molecule has 0 aliphatic heterocycles. The number of hydrogen-bond acceptors (Lipinski definition) is 3. The number of carbonyl (C=O) groups excluding carboxylic acids is 1. The number of aromatic nitrogens is 1. The second-order valence-electron chi connectivity index (χ2n) is 4.07. The average Bonchev–Trinajstić information content (AvgIpc) is 2.28. The van der Waals surface area contributed by atoms with Gasteiger partial charge in [-0.3, -0.25) is 4.79 Å². The third-order valence-corrected chi connectivity index (χ3v) is 3.28. The fourth-order valence-electron chi connectivity index (χ4n) is 1.18. The van der Waals surface area contributed by atoms with E-state index in [1.807, 2.05) is 13.2 Å². The van der Waals surface area contributed by atoms with Crippen molar-refractivity contribution in [3.63, 3.8) is 0 Å². The molecule has 0 saturated carbocycles. The van der Waals surface area contributed by atoms with Crippen molar-refractivity contribution in [1.29, 1.82) is 0 Å². The number of hydrogen-bond donors (Lipinski definition) is 1. The Morgan fingerprint density at radius 3 is 2.69 bits per heavy atom. The van der Waals surface area contributed by atoms with Crippen LogP contribution in [0.1, 0.15) is 31.1 Å². The predicted molar refractivity (Wildman–Crippen MR) is 67.8 cm³/mol. The monoisotopic (exact) mass is 238 g/mol. The predicted octanol–water partition coefficient (Wildman–Crippen LogP) is 2.58. The van der Waals surface area contributed by atoms with Gasteiger partial charge in [0.2, 0.25) is 0 Å². The van der Waals surface area contributed by atoms with Crippen LogP contribution in [0, 0.1) is 5.92 Å². The molecule has 0 saturated heterocycles. The molecule has 88 valence electrons. The van der Waals surface area contributed by atoms with E-state index in [4.69, 9.17) is 0 Å². The van der Waals surface area contributed by atoms with Crippen LogP contribution in [0.5, 0.6) is 0 Å². The van der Waals surface area contributed by atoms with Gasteiger partial charge in [-0.25, -0.2) is 4.98 Å². The summed E-state index contributed by atoms with van der Waals surface area (Å²) in [4.78, 5) is 16.1. The van der Waals surface area contributed by atoms with Crippen LogP contribution >= 0.6 is 11.8 Å². The molecular formula is C12H18N2OS. The average molecular weight is 238 g/mol. The molecule has 1 unspecified atom stereocenters. The molecule has 4 heteroatoms. The Hall–Kier alpha value is -1.03. The highest BCUT2D eigenvalue weighted by Crippen LogP contribution is 2.17. The summed E-state index contributed by atoms with van der Waals surface area (Å²) in [7, 11) is 0. The number of nitrogens with one attached hydrogen (secondary N) is 1. The minimum Gasteiger partial charge on any atom is -0.349 e. The fraction of sp³-hybridized carbons (Fsp3) is 0.500. The minimum absolute atomic E-state index is 0.0429. The van der Waals surface area contributed by atoms with E-state index in [-0.39, 0.29) is 11.9 Å². The van der Waals surface area contributed by atoms with Gasteiger partial charge < -0.3 is 5.32 Å². The van der Waals surface area contributed by atoms with Crippen LogP contribution in [0.2, 0.25) is 0 Å². The number of thioether (sulfide) groups is 1. The topological polar surface area (TPSA) is 42.0 Å². The van der Waals surface area contributed by atoms with Crippen molar-refractivity contribution in [2.24, 2.45) is 5.92 Å². The normalized spacial score (nSPS) is 12.6. The van der Waals surface area contributed by atoms with Gasteiger partial charge in [0.1, 0.15) is 5.03 Å². The lowest BCUT2D eigenvalue weighted by atomic mass is 10.1. The molecule has 0 spiro atoms. The van der Waals surface area contributed by atoms with Crippen LogP contribution in [0.15, 0.2) is 23.4 Å². The van der Waals surface area contributed by atoms with E-state index in [1.54, 1.807) is 18.3 Å². The Morgan fingerprint density at radius 2 is 2.12 bits per heavy atom. The number of amides is 1. The van der Waals surface area contributed by atoms with Crippen LogP contribution in [0.25, 0.3) is 0 Å². The van der Waals surface area contributed by atoms with Gasteiger partial charge in [0.25, 0.3) is 5.91 Å². The molecule has 1 aromatic heterocycles. The smallest absolute Gasteiger partial charge is 0.254 e. The molecular weight excluding hydrogens is 220 g/mol. The maximum absolute atomic E-state index is 12.0. The molecule has 1 atom stereocenters. The first-order valence-electron chi connectivity index (χ1n) is 5.36. The third kappa shape index (κ3) is 3.23. The number of nitrogens with zero attached hydrogens (tertiary/aromatic N) is 1. The molecule has 0 aliphatic carbocycles. The van der Waals surface area contributed by atoms with Crippen LogP contribution in [0.3, 0.4) is 0 Å². The summed E-state index contributed by atoms with van der Waals surface area (Å²) >= 11 is 1.49. The van der Waals surface area contributed by atoms with Gasteiger partial charge >= 0.3 is 0 Å². The summed E-state index contributed by atoms with van der Waals surface area (Å²) < 4.78 is 0. The lowest BCUT2D eigenvalue weighted by Gasteiger charge is -2.17. The first-order valence-corrected chi connectivity index (χ1v) is 6.58. The highest BCUT2D eigenvalue weighted by atomic mass is 32.2. The van der Waals surface area contributed by atoms with E-state index < -0.39 is 0 Å². The van der Waals surface area contributed by atoms with Crippen LogP contribution in [-0.2, 0) is 0 Å². The van der Waals surface area contributed by atoms with E-state index in [2.05, 4.69) is 24.1 Å². The van der Waals surface area contributed by atoms with Crippen molar-refractivity contribution >= 4 is 17.7 Å².